The third kappa shape index (κ3) is 17.4. The van der Waals surface area contributed by atoms with E-state index in [0.29, 0.717) is 17.9 Å². The highest BCUT2D eigenvalue weighted by atomic mass is 16.3. The molecule has 0 rings (SSSR count). The van der Waals surface area contributed by atoms with Crippen LogP contribution in [0.15, 0.2) is 0 Å². The van der Waals surface area contributed by atoms with E-state index in [1.165, 1.54) is 148 Å². The van der Waals surface area contributed by atoms with E-state index >= 15 is 0 Å². The van der Waals surface area contributed by atoms with Crippen molar-refractivity contribution in [1.29, 1.82) is 0 Å². The lowest BCUT2D eigenvalue weighted by Crippen LogP contribution is -2.30. The molecule has 0 aliphatic heterocycles. The van der Waals surface area contributed by atoms with Crippen LogP contribution in [0.1, 0.15) is 182 Å². The van der Waals surface area contributed by atoms with Crippen LogP contribution in [0.2, 0.25) is 0 Å². The zero-order valence-electron chi connectivity index (χ0n) is 23.2. The molecule has 0 bridgehead atoms. The minimum Gasteiger partial charge on any atom is -0.396 e. The maximum atomic E-state index is 9.75. The minimum absolute atomic E-state index is 0.368. The second-order valence-electron chi connectivity index (χ2n) is 11.0. The highest BCUT2D eigenvalue weighted by Crippen LogP contribution is 2.45. The molecule has 0 fully saturated rings. The van der Waals surface area contributed by atoms with Crippen molar-refractivity contribution in [2.24, 2.45) is 11.3 Å². The first-order valence-corrected chi connectivity index (χ1v) is 15.3. The summed E-state index contributed by atoms with van der Waals surface area (Å²) in [6.45, 7) is 9.76. The molecule has 0 aliphatic rings. The molecule has 1 atom stereocenters. The summed E-state index contributed by atoms with van der Waals surface area (Å²) in [5.74, 6) is 0.670. The Morgan fingerprint density at radius 1 is 0.469 bits per heavy atom. The van der Waals surface area contributed by atoms with Gasteiger partial charge in [-0.3, -0.25) is 0 Å². The van der Waals surface area contributed by atoms with Gasteiger partial charge in [-0.15, -0.1) is 0 Å². The van der Waals surface area contributed by atoms with Crippen LogP contribution in [0, 0.1) is 11.3 Å². The average molecular weight is 453 g/mol. The van der Waals surface area contributed by atoms with Crippen LogP contribution in [-0.4, -0.2) is 11.7 Å². The van der Waals surface area contributed by atoms with Crippen LogP contribution in [-0.2, 0) is 0 Å². The molecule has 0 aromatic rings. The molecule has 1 N–H and O–H groups in total. The Labute approximate surface area is 204 Å². The van der Waals surface area contributed by atoms with Crippen molar-refractivity contribution >= 4 is 0 Å². The number of hydrogen-bond donors (Lipinski definition) is 1. The van der Waals surface area contributed by atoms with E-state index in [4.69, 9.17) is 0 Å². The summed E-state index contributed by atoms with van der Waals surface area (Å²) in [4.78, 5) is 0. The highest BCUT2D eigenvalue weighted by Gasteiger charge is 2.34. The van der Waals surface area contributed by atoms with E-state index in [1.54, 1.807) is 0 Å². The van der Waals surface area contributed by atoms with Gasteiger partial charge in [0.15, 0.2) is 0 Å². The summed E-state index contributed by atoms with van der Waals surface area (Å²) in [5, 5.41) is 9.75. The fourth-order valence-electron chi connectivity index (χ4n) is 5.74. The standard InChI is InChI=1S/C31H64O/c1-5-8-11-14-17-18-21-24-28-31(30(4)25-29-32,26-22-19-15-12-9-6-2)27-23-20-16-13-10-7-3/h30,32H,5-29H2,1-4H3. The Morgan fingerprint density at radius 3 is 1.03 bits per heavy atom. The number of rotatable bonds is 26. The Balaban J connectivity index is 4.71. The topological polar surface area (TPSA) is 20.2 Å². The van der Waals surface area contributed by atoms with E-state index in [-0.39, 0.29) is 0 Å². The van der Waals surface area contributed by atoms with Gasteiger partial charge in [-0.1, -0.05) is 156 Å². The van der Waals surface area contributed by atoms with Crippen LogP contribution < -0.4 is 0 Å². The fourth-order valence-corrected chi connectivity index (χ4v) is 5.74. The van der Waals surface area contributed by atoms with Gasteiger partial charge in [0.25, 0.3) is 0 Å². The summed E-state index contributed by atoms with van der Waals surface area (Å²) in [6, 6.07) is 0. The molecule has 1 nitrogen and oxygen atoms in total. The van der Waals surface area contributed by atoms with E-state index in [1.807, 2.05) is 0 Å². The fraction of sp³-hybridized carbons (Fsp3) is 1.00. The van der Waals surface area contributed by atoms with E-state index in [2.05, 4.69) is 27.7 Å². The Kier molecular flexibility index (Phi) is 24.1. The SMILES string of the molecule is CCCCCCCCCCC(CCCCCCCC)(CCCCCCCC)C(C)CCO. The van der Waals surface area contributed by atoms with Gasteiger partial charge in [0.2, 0.25) is 0 Å². The number of hydrogen-bond acceptors (Lipinski definition) is 1. The van der Waals surface area contributed by atoms with Crippen molar-refractivity contribution in [3.63, 3.8) is 0 Å². The normalized spacial score (nSPS) is 13.0. The number of aliphatic hydroxyl groups is 1. The van der Waals surface area contributed by atoms with E-state index in [0.717, 1.165) is 6.42 Å². The quantitative estimate of drug-likeness (QED) is 0.129. The van der Waals surface area contributed by atoms with Crippen molar-refractivity contribution < 1.29 is 5.11 Å². The molecule has 0 aromatic heterocycles. The lowest BCUT2D eigenvalue weighted by Gasteiger charge is -2.40. The maximum Gasteiger partial charge on any atom is 0.0433 e. The van der Waals surface area contributed by atoms with Gasteiger partial charge in [-0.2, -0.15) is 0 Å². The molecule has 1 unspecified atom stereocenters. The van der Waals surface area contributed by atoms with Gasteiger partial charge in [0.1, 0.15) is 0 Å². The van der Waals surface area contributed by atoms with Gasteiger partial charge < -0.3 is 5.11 Å². The molecule has 1 heteroatoms. The van der Waals surface area contributed by atoms with Crippen LogP contribution >= 0.6 is 0 Å². The molecule has 0 aromatic carbocycles. The van der Waals surface area contributed by atoms with Crippen molar-refractivity contribution in [1.82, 2.24) is 0 Å². The average Bonchev–Trinajstić information content (AvgIpc) is 2.79. The second kappa shape index (κ2) is 24.1. The smallest absolute Gasteiger partial charge is 0.0433 e. The van der Waals surface area contributed by atoms with Gasteiger partial charge in [0, 0.05) is 6.61 Å². The monoisotopic (exact) mass is 452 g/mol. The Morgan fingerprint density at radius 2 is 0.750 bits per heavy atom. The van der Waals surface area contributed by atoms with Crippen LogP contribution in [0.3, 0.4) is 0 Å². The third-order valence-electron chi connectivity index (χ3n) is 8.19. The first kappa shape index (κ1) is 32.0. The zero-order chi connectivity index (χ0) is 23.8. The van der Waals surface area contributed by atoms with Crippen molar-refractivity contribution in [2.45, 2.75) is 182 Å². The Bertz CT molecular complexity index is 334. The maximum absolute atomic E-state index is 9.75. The summed E-state index contributed by atoms with van der Waals surface area (Å²) >= 11 is 0. The molecule has 32 heavy (non-hydrogen) atoms. The van der Waals surface area contributed by atoms with Gasteiger partial charge >= 0.3 is 0 Å². The Hall–Kier alpha value is -0.0400. The molecule has 194 valence electrons. The minimum atomic E-state index is 0.368. The first-order chi connectivity index (χ1) is 15.7. The number of aliphatic hydroxyl groups excluding tert-OH is 1. The molecule has 0 saturated heterocycles. The molecule has 0 spiro atoms. The predicted octanol–water partition coefficient (Wildman–Crippen LogP) is 11.0. The summed E-state index contributed by atoms with van der Waals surface area (Å²) in [6.07, 6.45) is 33.4. The number of unbranched alkanes of at least 4 members (excludes halogenated alkanes) is 17. The lowest BCUT2D eigenvalue weighted by molar-refractivity contribution is 0.0887. The molecule has 0 heterocycles. The van der Waals surface area contributed by atoms with Crippen molar-refractivity contribution in [3.8, 4) is 0 Å². The molecular weight excluding hydrogens is 388 g/mol. The zero-order valence-corrected chi connectivity index (χ0v) is 23.2. The molecular formula is C31H64O. The molecule has 0 saturated carbocycles. The largest absolute Gasteiger partial charge is 0.396 e. The molecule has 0 aliphatic carbocycles. The first-order valence-electron chi connectivity index (χ1n) is 15.3. The second-order valence-corrected chi connectivity index (χ2v) is 11.0. The van der Waals surface area contributed by atoms with Crippen LogP contribution in [0.25, 0.3) is 0 Å². The lowest BCUT2D eigenvalue weighted by atomic mass is 9.65. The van der Waals surface area contributed by atoms with Gasteiger partial charge in [-0.05, 0) is 37.0 Å². The van der Waals surface area contributed by atoms with Crippen LogP contribution in [0.4, 0.5) is 0 Å². The summed E-state index contributed by atoms with van der Waals surface area (Å²) in [7, 11) is 0. The van der Waals surface area contributed by atoms with Crippen LogP contribution in [0.5, 0.6) is 0 Å². The van der Waals surface area contributed by atoms with Gasteiger partial charge in [0.05, 0.1) is 0 Å². The third-order valence-corrected chi connectivity index (χ3v) is 8.19. The van der Waals surface area contributed by atoms with Crippen molar-refractivity contribution in [3.05, 3.63) is 0 Å². The predicted molar refractivity (Wildman–Crippen MR) is 147 cm³/mol. The molecule has 0 radical (unpaired) electrons. The molecule has 0 amide bonds. The summed E-state index contributed by atoms with van der Waals surface area (Å²) < 4.78 is 0. The van der Waals surface area contributed by atoms with Crippen molar-refractivity contribution in [2.75, 3.05) is 6.61 Å². The van der Waals surface area contributed by atoms with Gasteiger partial charge in [-0.25, -0.2) is 0 Å². The highest BCUT2D eigenvalue weighted by molar-refractivity contribution is 4.85. The summed E-state index contributed by atoms with van der Waals surface area (Å²) in [5.41, 5.74) is 0.487. The van der Waals surface area contributed by atoms with E-state index < -0.39 is 0 Å². The van der Waals surface area contributed by atoms with E-state index in [9.17, 15) is 5.11 Å².